The van der Waals surface area contributed by atoms with E-state index < -0.39 is 0 Å². The molecule has 172 valence electrons. The van der Waals surface area contributed by atoms with Crippen molar-refractivity contribution in [1.82, 2.24) is 9.88 Å². The van der Waals surface area contributed by atoms with Crippen LogP contribution in [0.25, 0.3) is 0 Å². The Morgan fingerprint density at radius 1 is 1.06 bits per heavy atom. The largest absolute Gasteiger partial charge is 0.300 e. The van der Waals surface area contributed by atoms with Gasteiger partial charge in [0.1, 0.15) is 5.82 Å². The van der Waals surface area contributed by atoms with Crippen molar-refractivity contribution in [2.24, 2.45) is 0 Å². The van der Waals surface area contributed by atoms with Gasteiger partial charge in [-0.2, -0.15) is 0 Å². The van der Waals surface area contributed by atoms with Gasteiger partial charge < -0.3 is 0 Å². The predicted octanol–water partition coefficient (Wildman–Crippen LogP) is 6.54. The summed E-state index contributed by atoms with van der Waals surface area (Å²) >= 11 is 12.7. The normalized spacial score (nSPS) is 19.7. The van der Waals surface area contributed by atoms with E-state index in [-0.39, 0.29) is 17.4 Å². The predicted molar refractivity (Wildman–Crippen MR) is 136 cm³/mol. The minimum Gasteiger partial charge on any atom is -0.300 e. The molecule has 33 heavy (non-hydrogen) atoms. The Hall–Kier alpha value is -2.40. The summed E-state index contributed by atoms with van der Waals surface area (Å²) in [5, 5.41) is 1.08. The van der Waals surface area contributed by atoms with Gasteiger partial charge in [0.05, 0.1) is 10.0 Å². The summed E-state index contributed by atoms with van der Waals surface area (Å²) in [6.45, 7) is 3.67. The second-order valence-electron chi connectivity index (χ2n) is 8.89. The maximum absolute atomic E-state index is 12.9. The van der Waals surface area contributed by atoms with Crippen molar-refractivity contribution in [3.63, 3.8) is 0 Å². The number of amides is 1. The van der Waals surface area contributed by atoms with Crippen LogP contribution in [0.5, 0.6) is 0 Å². The number of anilines is 1. The van der Waals surface area contributed by atoms with E-state index in [0.29, 0.717) is 28.8 Å². The number of halogens is 2. The molecule has 6 heteroatoms. The molecular weight excluding hydrogens is 453 g/mol. The van der Waals surface area contributed by atoms with E-state index in [1.165, 1.54) is 5.56 Å². The van der Waals surface area contributed by atoms with E-state index in [1.807, 2.05) is 41.3 Å². The number of carbonyl (C=O) groups excluding carboxylic acids is 1. The Morgan fingerprint density at radius 3 is 2.52 bits per heavy atom. The van der Waals surface area contributed by atoms with Gasteiger partial charge in [-0.1, -0.05) is 65.7 Å². The summed E-state index contributed by atoms with van der Waals surface area (Å²) in [6.07, 6.45) is 3.85. The number of rotatable bonds is 7. The lowest BCUT2D eigenvalue weighted by molar-refractivity contribution is -0.120. The zero-order valence-corrected chi connectivity index (χ0v) is 20.6. The zero-order chi connectivity index (χ0) is 23.4. The number of benzene rings is 2. The first-order valence-corrected chi connectivity index (χ1v) is 12.1. The minimum atomic E-state index is -0.246. The SMILES string of the molecule is CC(c1ccccc1)N(C)CC[C@]1(c2ccc(Cl)c(Cl)c2)CCC(=O)N(c2ccccn2)C1. The molecule has 1 aliphatic heterocycles. The van der Waals surface area contributed by atoms with Crippen molar-refractivity contribution in [2.45, 2.75) is 37.6 Å². The number of aromatic nitrogens is 1. The summed E-state index contributed by atoms with van der Waals surface area (Å²) in [7, 11) is 2.16. The highest BCUT2D eigenvalue weighted by atomic mass is 35.5. The molecule has 1 unspecified atom stereocenters. The van der Waals surface area contributed by atoms with Crippen LogP contribution in [-0.4, -0.2) is 35.9 Å². The van der Waals surface area contributed by atoms with Crippen LogP contribution in [0, 0.1) is 0 Å². The van der Waals surface area contributed by atoms with Crippen LogP contribution >= 0.6 is 23.2 Å². The van der Waals surface area contributed by atoms with Crippen LogP contribution in [0.3, 0.4) is 0 Å². The van der Waals surface area contributed by atoms with Crippen LogP contribution < -0.4 is 4.90 Å². The third-order valence-electron chi connectivity index (χ3n) is 6.92. The lowest BCUT2D eigenvalue weighted by Crippen LogP contribution is -2.50. The second kappa shape index (κ2) is 10.3. The molecular formula is C27H29Cl2N3O. The smallest absolute Gasteiger partial charge is 0.228 e. The molecule has 0 saturated carbocycles. The Morgan fingerprint density at radius 2 is 1.82 bits per heavy atom. The van der Waals surface area contributed by atoms with Gasteiger partial charge in [-0.15, -0.1) is 0 Å². The number of carbonyl (C=O) groups is 1. The maximum atomic E-state index is 12.9. The summed E-state index contributed by atoms with van der Waals surface area (Å²) in [5.74, 6) is 0.799. The fraction of sp³-hybridized carbons (Fsp3) is 0.333. The van der Waals surface area contributed by atoms with Crippen LogP contribution in [0.15, 0.2) is 72.9 Å². The van der Waals surface area contributed by atoms with Crippen molar-refractivity contribution >= 4 is 34.9 Å². The molecule has 1 fully saturated rings. The monoisotopic (exact) mass is 481 g/mol. The fourth-order valence-electron chi connectivity index (χ4n) is 4.65. The number of hydrogen-bond acceptors (Lipinski definition) is 3. The average Bonchev–Trinajstić information content (AvgIpc) is 2.86. The molecule has 2 heterocycles. The van der Waals surface area contributed by atoms with Gasteiger partial charge in [0.25, 0.3) is 0 Å². The Labute approximate surface area is 206 Å². The van der Waals surface area contributed by atoms with Crippen molar-refractivity contribution in [1.29, 1.82) is 0 Å². The molecule has 1 amide bonds. The summed E-state index contributed by atoms with van der Waals surface area (Å²) < 4.78 is 0. The van der Waals surface area contributed by atoms with Crippen molar-refractivity contribution < 1.29 is 4.79 Å². The van der Waals surface area contributed by atoms with Crippen molar-refractivity contribution in [3.8, 4) is 0 Å². The first-order valence-electron chi connectivity index (χ1n) is 11.3. The highest BCUT2D eigenvalue weighted by Gasteiger charge is 2.41. The highest BCUT2D eigenvalue weighted by molar-refractivity contribution is 6.42. The summed E-state index contributed by atoms with van der Waals surface area (Å²) in [5.41, 5.74) is 2.16. The molecule has 0 N–H and O–H groups in total. The van der Waals surface area contributed by atoms with Gasteiger partial charge in [-0.25, -0.2) is 4.98 Å². The van der Waals surface area contributed by atoms with E-state index in [0.717, 1.165) is 24.9 Å². The molecule has 3 aromatic rings. The molecule has 0 aliphatic carbocycles. The topological polar surface area (TPSA) is 36.4 Å². The van der Waals surface area contributed by atoms with E-state index in [2.05, 4.69) is 54.2 Å². The third-order valence-corrected chi connectivity index (χ3v) is 7.66. The number of piperidine rings is 1. The molecule has 2 aromatic carbocycles. The van der Waals surface area contributed by atoms with E-state index in [1.54, 1.807) is 6.20 Å². The standard InChI is InChI=1S/C27H29Cl2N3O/c1-20(21-8-4-3-5-9-21)31(2)17-15-27(22-11-12-23(28)24(29)18-22)14-13-26(33)32(19-27)25-10-6-7-16-30-25/h3-12,16,18,20H,13-15,17,19H2,1-2H3/t20?,27-/m1/s1. The van der Waals surface area contributed by atoms with Gasteiger partial charge in [0, 0.05) is 30.6 Å². The molecule has 0 radical (unpaired) electrons. The van der Waals surface area contributed by atoms with Crippen LogP contribution in [0.4, 0.5) is 5.82 Å². The maximum Gasteiger partial charge on any atom is 0.228 e. The molecule has 0 bridgehead atoms. The fourth-order valence-corrected chi connectivity index (χ4v) is 4.95. The summed E-state index contributed by atoms with van der Waals surface area (Å²) in [6, 6.07) is 22.4. The molecule has 2 atom stereocenters. The molecule has 1 aromatic heterocycles. The molecule has 1 saturated heterocycles. The van der Waals surface area contributed by atoms with Gasteiger partial charge >= 0.3 is 0 Å². The molecule has 4 nitrogen and oxygen atoms in total. The van der Waals surface area contributed by atoms with Crippen molar-refractivity contribution in [2.75, 3.05) is 25.0 Å². The molecule has 4 rings (SSSR count). The van der Waals surface area contributed by atoms with Crippen molar-refractivity contribution in [3.05, 3.63) is 94.1 Å². The first kappa shape index (κ1) is 23.7. The average molecular weight is 482 g/mol. The first-order chi connectivity index (χ1) is 15.9. The van der Waals surface area contributed by atoms with Crippen LogP contribution in [0.1, 0.15) is 43.4 Å². The Balaban J connectivity index is 1.63. The van der Waals surface area contributed by atoms with Crippen LogP contribution in [0.2, 0.25) is 10.0 Å². The van der Waals surface area contributed by atoms with E-state index >= 15 is 0 Å². The minimum absolute atomic E-state index is 0.107. The zero-order valence-electron chi connectivity index (χ0n) is 19.0. The van der Waals surface area contributed by atoms with E-state index in [9.17, 15) is 4.79 Å². The van der Waals surface area contributed by atoms with E-state index in [4.69, 9.17) is 23.2 Å². The molecule has 0 spiro atoms. The quantitative estimate of drug-likeness (QED) is 0.384. The second-order valence-corrected chi connectivity index (χ2v) is 9.71. The van der Waals surface area contributed by atoms with Gasteiger partial charge in [0.2, 0.25) is 5.91 Å². The lowest BCUT2D eigenvalue weighted by atomic mass is 9.71. The molecule has 1 aliphatic rings. The number of pyridine rings is 1. The van der Waals surface area contributed by atoms with Gasteiger partial charge in [0.15, 0.2) is 0 Å². The highest BCUT2D eigenvalue weighted by Crippen LogP contribution is 2.41. The number of hydrogen-bond donors (Lipinski definition) is 0. The Kier molecular flexibility index (Phi) is 7.38. The number of nitrogens with zero attached hydrogens (tertiary/aromatic N) is 3. The Bertz CT molecular complexity index is 1090. The van der Waals surface area contributed by atoms with Gasteiger partial charge in [-0.05, 0) is 68.8 Å². The lowest BCUT2D eigenvalue weighted by Gasteiger charge is -2.44. The third kappa shape index (κ3) is 5.24. The van der Waals surface area contributed by atoms with Gasteiger partial charge in [-0.3, -0.25) is 14.6 Å². The van der Waals surface area contributed by atoms with Crippen LogP contribution in [-0.2, 0) is 10.2 Å². The summed E-state index contributed by atoms with van der Waals surface area (Å²) in [4.78, 5) is 21.5.